The third-order valence-electron chi connectivity index (χ3n) is 4.26. The summed E-state index contributed by atoms with van der Waals surface area (Å²) >= 11 is 0. The Bertz CT molecular complexity index is 223. The minimum atomic E-state index is 0.774. The highest BCUT2D eigenvalue weighted by molar-refractivity contribution is 4.95. The van der Waals surface area contributed by atoms with Gasteiger partial charge in [-0.2, -0.15) is 0 Å². The van der Waals surface area contributed by atoms with Gasteiger partial charge in [-0.05, 0) is 65.6 Å². The summed E-state index contributed by atoms with van der Waals surface area (Å²) in [6.45, 7) is 7.68. The van der Waals surface area contributed by atoms with E-state index in [1.807, 2.05) is 6.92 Å². The summed E-state index contributed by atoms with van der Waals surface area (Å²) in [6.07, 6.45) is 13.5. The third-order valence-corrected chi connectivity index (χ3v) is 4.26. The van der Waals surface area contributed by atoms with Crippen molar-refractivity contribution in [3.63, 3.8) is 0 Å². The summed E-state index contributed by atoms with van der Waals surface area (Å²) < 4.78 is 0. The monoisotopic (exact) mass is 252 g/mol. The van der Waals surface area contributed by atoms with Gasteiger partial charge < -0.3 is 10.6 Å². The average Bonchev–Trinajstić information content (AvgIpc) is 2.95. The summed E-state index contributed by atoms with van der Waals surface area (Å²) in [4.78, 5) is 2.72. The molecule has 2 heteroatoms. The Hall–Kier alpha value is -0.340. The van der Waals surface area contributed by atoms with E-state index >= 15 is 0 Å². The number of likely N-dealkylation sites (tertiary alicyclic amines) is 1. The van der Waals surface area contributed by atoms with Crippen LogP contribution in [0.4, 0.5) is 0 Å². The lowest BCUT2D eigenvalue weighted by molar-refractivity contribution is 0.191. The van der Waals surface area contributed by atoms with Crippen molar-refractivity contribution in [2.75, 3.05) is 19.6 Å². The first-order chi connectivity index (χ1) is 8.77. The molecule has 1 aliphatic heterocycles. The van der Waals surface area contributed by atoms with Gasteiger partial charge in [0.15, 0.2) is 0 Å². The van der Waals surface area contributed by atoms with Crippen LogP contribution in [0.5, 0.6) is 0 Å². The van der Waals surface area contributed by atoms with Gasteiger partial charge in [-0.3, -0.25) is 0 Å². The summed E-state index contributed by atoms with van der Waals surface area (Å²) in [5.74, 6) is 0. The van der Waals surface area contributed by atoms with Gasteiger partial charge in [-0.25, -0.2) is 0 Å². The fourth-order valence-corrected chi connectivity index (χ4v) is 2.92. The minimum Gasteiger partial charge on any atom is -0.330 e. The Morgan fingerprint density at radius 2 is 1.72 bits per heavy atom. The molecule has 1 saturated carbocycles. The molecule has 0 radical (unpaired) electrons. The van der Waals surface area contributed by atoms with Crippen LogP contribution in [0, 0.1) is 0 Å². The molecule has 0 aromatic carbocycles. The highest BCUT2D eigenvalue weighted by Gasteiger charge is 2.22. The van der Waals surface area contributed by atoms with E-state index in [0.29, 0.717) is 0 Å². The molecule has 2 fully saturated rings. The van der Waals surface area contributed by atoms with E-state index in [0.717, 1.165) is 19.0 Å². The summed E-state index contributed by atoms with van der Waals surface area (Å²) in [6, 6.07) is 0.978. The fourth-order valence-electron chi connectivity index (χ4n) is 2.92. The lowest BCUT2D eigenvalue weighted by atomic mass is 9.94. The molecule has 1 heterocycles. The summed E-state index contributed by atoms with van der Waals surface area (Å²) in [5, 5.41) is 0. The maximum Gasteiger partial charge on any atom is 0.00952 e. The highest BCUT2D eigenvalue weighted by Crippen LogP contribution is 2.25. The Morgan fingerprint density at radius 1 is 1.11 bits per heavy atom. The number of allylic oxidation sites excluding steroid dienone is 1. The highest BCUT2D eigenvalue weighted by atomic mass is 15.2. The van der Waals surface area contributed by atoms with Crippen LogP contribution < -0.4 is 5.73 Å². The molecule has 2 rings (SSSR count). The SMILES string of the molecule is C/C=C(\C)CCN.C1CCC(N2CCCC2)CC1. The molecule has 0 unspecified atom stereocenters. The molecule has 0 spiro atoms. The lowest BCUT2D eigenvalue weighted by Crippen LogP contribution is -2.34. The molecule has 106 valence electrons. The average molecular weight is 252 g/mol. The smallest absolute Gasteiger partial charge is 0.00952 e. The van der Waals surface area contributed by atoms with E-state index in [9.17, 15) is 0 Å². The van der Waals surface area contributed by atoms with Crippen molar-refractivity contribution >= 4 is 0 Å². The van der Waals surface area contributed by atoms with Gasteiger partial charge in [-0.15, -0.1) is 0 Å². The van der Waals surface area contributed by atoms with Crippen molar-refractivity contribution in [2.45, 2.75) is 71.3 Å². The van der Waals surface area contributed by atoms with Crippen LogP contribution in [0.3, 0.4) is 0 Å². The molecule has 1 aliphatic carbocycles. The predicted octanol–water partition coefficient (Wildman–Crippen LogP) is 3.72. The second-order valence-electron chi connectivity index (χ2n) is 5.71. The van der Waals surface area contributed by atoms with Gasteiger partial charge in [-0.1, -0.05) is 30.9 Å². The van der Waals surface area contributed by atoms with Crippen molar-refractivity contribution in [3.8, 4) is 0 Å². The van der Waals surface area contributed by atoms with Crippen molar-refractivity contribution in [2.24, 2.45) is 5.73 Å². The largest absolute Gasteiger partial charge is 0.330 e. The van der Waals surface area contributed by atoms with Gasteiger partial charge in [0.2, 0.25) is 0 Å². The molecule has 2 aliphatic rings. The second-order valence-corrected chi connectivity index (χ2v) is 5.71. The zero-order chi connectivity index (χ0) is 13.2. The van der Waals surface area contributed by atoms with E-state index in [2.05, 4.69) is 17.9 Å². The van der Waals surface area contributed by atoms with Crippen LogP contribution in [0.1, 0.15) is 65.2 Å². The van der Waals surface area contributed by atoms with Crippen molar-refractivity contribution in [3.05, 3.63) is 11.6 Å². The predicted molar refractivity (Wildman–Crippen MR) is 80.8 cm³/mol. The molecule has 0 atom stereocenters. The normalized spacial score (nSPS) is 22.7. The van der Waals surface area contributed by atoms with Crippen LogP contribution >= 0.6 is 0 Å². The zero-order valence-electron chi connectivity index (χ0n) is 12.5. The Balaban J connectivity index is 0.000000203. The third kappa shape index (κ3) is 6.01. The van der Waals surface area contributed by atoms with Crippen LogP contribution in [-0.2, 0) is 0 Å². The summed E-state index contributed by atoms with van der Waals surface area (Å²) in [7, 11) is 0. The van der Waals surface area contributed by atoms with E-state index in [1.165, 1.54) is 63.6 Å². The lowest BCUT2D eigenvalue weighted by Gasteiger charge is -2.30. The first-order valence-corrected chi connectivity index (χ1v) is 7.83. The maximum atomic E-state index is 5.26. The topological polar surface area (TPSA) is 29.3 Å². The van der Waals surface area contributed by atoms with Gasteiger partial charge in [0.05, 0.1) is 0 Å². The Morgan fingerprint density at radius 3 is 2.17 bits per heavy atom. The van der Waals surface area contributed by atoms with Crippen LogP contribution in [0.2, 0.25) is 0 Å². The van der Waals surface area contributed by atoms with Crippen LogP contribution in [0.25, 0.3) is 0 Å². The van der Waals surface area contributed by atoms with Gasteiger partial charge in [0.25, 0.3) is 0 Å². The second kappa shape index (κ2) is 9.57. The first kappa shape index (κ1) is 15.7. The number of hydrogen-bond donors (Lipinski definition) is 1. The summed E-state index contributed by atoms with van der Waals surface area (Å²) in [5.41, 5.74) is 6.64. The van der Waals surface area contributed by atoms with Gasteiger partial charge in [0.1, 0.15) is 0 Å². The Kier molecular flexibility index (Phi) is 8.36. The maximum absolute atomic E-state index is 5.26. The molecule has 2 N–H and O–H groups in total. The van der Waals surface area contributed by atoms with Gasteiger partial charge in [0, 0.05) is 6.04 Å². The first-order valence-electron chi connectivity index (χ1n) is 7.83. The standard InChI is InChI=1S/C10H19N.C6H13N/c1-2-6-10(7-3-1)11-8-4-5-9-11;1-3-6(2)4-5-7/h10H,1-9H2;3H,4-5,7H2,1-2H3/b;6-3+. The molecule has 0 aromatic heterocycles. The van der Waals surface area contributed by atoms with E-state index in [1.54, 1.807) is 0 Å². The minimum absolute atomic E-state index is 0.774. The van der Waals surface area contributed by atoms with Crippen molar-refractivity contribution in [1.29, 1.82) is 0 Å². The number of nitrogens with two attached hydrogens (primary N) is 1. The van der Waals surface area contributed by atoms with Crippen LogP contribution in [-0.4, -0.2) is 30.6 Å². The zero-order valence-corrected chi connectivity index (χ0v) is 12.5. The number of hydrogen-bond acceptors (Lipinski definition) is 2. The molecule has 2 nitrogen and oxygen atoms in total. The molecule has 0 amide bonds. The molecule has 1 saturated heterocycles. The van der Waals surface area contributed by atoms with E-state index < -0.39 is 0 Å². The number of rotatable bonds is 3. The van der Waals surface area contributed by atoms with E-state index in [-0.39, 0.29) is 0 Å². The molecular weight excluding hydrogens is 220 g/mol. The molecule has 0 bridgehead atoms. The number of nitrogens with zero attached hydrogens (tertiary/aromatic N) is 1. The molecule has 18 heavy (non-hydrogen) atoms. The van der Waals surface area contributed by atoms with Crippen molar-refractivity contribution in [1.82, 2.24) is 4.90 Å². The van der Waals surface area contributed by atoms with Gasteiger partial charge >= 0.3 is 0 Å². The molecule has 0 aromatic rings. The van der Waals surface area contributed by atoms with Crippen LogP contribution in [0.15, 0.2) is 11.6 Å². The van der Waals surface area contributed by atoms with Crippen molar-refractivity contribution < 1.29 is 0 Å². The Labute approximate surface area is 114 Å². The van der Waals surface area contributed by atoms with E-state index in [4.69, 9.17) is 5.73 Å². The quantitative estimate of drug-likeness (QED) is 0.776. The molecular formula is C16H32N2. The fraction of sp³-hybridized carbons (Fsp3) is 0.875.